The van der Waals surface area contributed by atoms with Crippen LogP contribution >= 0.6 is 11.6 Å². The van der Waals surface area contributed by atoms with Crippen molar-refractivity contribution in [2.45, 2.75) is 90.3 Å². The second-order valence-electron chi connectivity index (χ2n) is 16.0. The van der Waals surface area contributed by atoms with Crippen LogP contribution in [0.15, 0.2) is 29.3 Å². The lowest BCUT2D eigenvalue weighted by Gasteiger charge is -2.42. The lowest BCUT2D eigenvalue weighted by Crippen LogP contribution is -2.57. The molecule has 2 unspecified atom stereocenters. The Hall–Kier alpha value is -3.88. The van der Waals surface area contributed by atoms with Gasteiger partial charge in [-0.15, -0.1) is 0 Å². The standard InChI is InChI=1S/C35H49ClN8O5Si/c1-35(2,3)49-34(47)41-16-22-10-11-23(17-41)44(22)33-37-31-29(32(46)40(33)6)25(18-42(31)21-48-14-15-50(7,8)9)24-12-13-27-26(30(24)36)19-43(38-27)20-28(45)39(4)5/h12-13,18-19,22-23H,10-11,14-17,20-21H2,1-9H3. The molecular weight excluding hydrogens is 676 g/mol. The van der Waals surface area contributed by atoms with Gasteiger partial charge in [0.2, 0.25) is 11.9 Å². The smallest absolute Gasteiger partial charge is 0.410 e. The molecule has 13 nitrogen and oxygen atoms in total. The minimum Gasteiger partial charge on any atom is -0.444 e. The Labute approximate surface area is 298 Å². The molecule has 1 aromatic carbocycles. The highest BCUT2D eigenvalue weighted by Gasteiger charge is 2.44. The third-order valence-electron chi connectivity index (χ3n) is 9.42. The number of likely N-dealkylation sites (tertiary alicyclic amines) is 1. The molecule has 2 saturated heterocycles. The van der Waals surface area contributed by atoms with Crippen LogP contribution in [0, 0.1) is 0 Å². The highest BCUT2D eigenvalue weighted by molar-refractivity contribution is 6.76. The van der Waals surface area contributed by atoms with Crippen LogP contribution in [0.4, 0.5) is 10.7 Å². The number of amides is 2. The lowest BCUT2D eigenvalue weighted by molar-refractivity contribution is -0.129. The van der Waals surface area contributed by atoms with Crippen molar-refractivity contribution in [2.24, 2.45) is 7.05 Å². The number of fused-ring (bicyclic) bond motifs is 4. The van der Waals surface area contributed by atoms with Gasteiger partial charge in [0.05, 0.1) is 28.0 Å². The monoisotopic (exact) mass is 724 g/mol. The number of carbonyl (C=O) groups excluding carboxylic acids is 2. The zero-order chi connectivity index (χ0) is 36.3. The van der Waals surface area contributed by atoms with E-state index >= 15 is 0 Å². The molecule has 2 aliphatic heterocycles. The highest BCUT2D eigenvalue weighted by atomic mass is 35.5. The summed E-state index contributed by atoms with van der Waals surface area (Å²) in [6, 6.07) is 4.73. The fraction of sp³-hybridized carbons (Fsp3) is 0.571. The van der Waals surface area contributed by atoms with Gasteiger partial charge in [0.15, 0.2) is 5.65 Å². The summed E-state index contributed by atoms with van der Waals surface area (Å²) in [4.78, 5) is 50.5. The average Bonchev–Trinajstić information content (AvgIpc) is 3.67. The van der Waals surface area contributed by atoms with Gasteiger partial charge in [0.25, 0.3) is 5.56 Å². The number of aromatic nitrogens is 5. The number of hydrogen-bond acceptors (Lipinski definition) is 8. The van der Waals surface area contributed by atoms with Crippen molar-refractivity contribution in [3.8, 4) is 11.1 Å². The van der Waals surface area contributed by atoms with Gasteiger partial charge in [-0.25, -0.2) is 4.79 Å². The molecular formula is C35H49ClN8O5Si. The molecule has 0 aliphatic carbocycles. The lowest BCUT2D eigenvalue weighted by atomic mass is 10.0. The molecule has 0 spiro atoms. The van der Waals surface area contributed by atoms with Crippen LogP contribution in [-0.2, 0) is 34.6 Å². The van der Waals surface area contributed by atoms with E-state index in [1.54, 1.807) is 41.5 Å². The Bertz CT molecular complexity index is 1990. The summed E-state index contributed by atoms with van der Waals surface area (Å²) >= 11 is 7.08. The number of likely N-dealkylation sites (N-methyl/N-ethyl adjacent to an activating group) is 1. The van der Waals surface area contributed by atoms with Gasteiger partial charge in [-0.3, -0.25) is 18.8 Å². The Morgan fingerprint density at radius 1 is 1.06 bits per heavy atom. The van der Waals surface area contributed by atoms with Crippen LogP contribution in [0.25, 0.3) is 33.1 Å². The van der Waals surface area contributed by atoms with E-state index in [1.165, 1.54) is 4.90 Å². The number of anilines is 1. The minimum atomic E-state index is -1.32. The third kappa shape index (κ3) is 7.15. The number of rotatable bonds is 9. The molecule has 270 valence electrons. The summed E-state index contributed by atoms with van der Waals surface area (Å²) in [5, 5.41) is 6.13. The summed E-state index contributed by atoms with van der Waals surface area (Å²) in [7, 11) is 3.84. The average molecular weight is 725 g/mol. The van der Waals surface area contributed by atoms with Crippen molar-refractivity contribution in [1.82, 2.24) is 33.7 Å². The maximum absolute atomic E-state index is 14.4. The third-order valence-corrected chi connectivity index (χ3v) is 11.5. The van der Waals surface area contributed by atoms with E-state index in [0.29, 0.717) is 63.7 Å². The molecule has 0 saturated carbocycles. The Kier molecular flexibility index (Phi) is 9.59. The number of halogens is 1. The molecule has 2 fully saturated rings. The molecule has 2 amide bonds. The van der Waals surface area contributed by atoms with Gasteiger partial charge in [0.1, 0.15) is 18.9 Å². The number of nitrogens with zero attached hydrogens (tertiary/aromatic N) is 8. The topological polar surface area (TPSA) is 120 Å². The Morgan fingerprint density at radius 3 is 2.36 bits per heavy atom. The highest BCUT2D eigenvalue weighted by Crippen LogP contribution is 2.39. The molecule has 2 bridgehead atoms. The summed E-state index contributed by atoms with van der Waals surface area (Å²) in [5.41, 5.74) is 1.71. The van der Waals surface area contributed by atoms with Crippen LogP contribution in [0.1, 0.15) is 33.6 Å². The molecule has 4 aromatic rings. The quantitative estimate of drug-likeness (QED) is 0.167. The van der Waals surface area contributed by atoms with Crippen LogP contribution < -0.4 is 10.5 Å². The van der Waals surface area contributed by atoms with Crippen LogP contribution in [-0.4, -0.2) is 105 Å². The molecule has 0 N–H and O–H groups in total. The number of hydrogen-bond donors (Lipinski definition) is 0. The molecule has 0 radical (unpaired) electrons. The van der Waals surface area contributed by atoms with E-state index in [2.05, 4.69) is 29.6 Å². The Morgan fingerprint density at radius 2 is 1.74 bits per heavy atom. The van der Waals surface area contributed by atoms with Crippen molar-refractivity contribution in [3.05, 3.63) is 39.9 Å². The molecule has 5 heterocycles. The van der Waals surface area contributed by atoms with E-state index in [4.69, 9.17) is 26.1 Å². The molecule has 2 aliphatic rings. The van der Waals surface area contributed by atoms with Gasteiger partial charge < -0.3 is 28.7 Å². The van der Waals surface area contributed by atoms with Crippen molar-refractivity contribution in [1.29, 1.82) is 0 Å². The van der Waals surface area contributed by atoms with Crippen LogP contribution in [0.5, 0.6) is 0 Å². The molecule has 50 heavy (non-hydrogen) atoms. The van der Waals surface area contributed by atoms with Crippen LogP contribution in [0.3, 0.4) is 0 Å². The van der Waals surface area contributed by atoms with E-state index in [-0.39, 0.29) is 42.9 Å². The predicted molar refractivity (Wildman–Crippen MR) is 199 cm³/mol. The zero-order valence-electron chi connectivity index (χ0n) is 30.6. The van der Waals surface area contributed by atoms with Gasteiger partial charge in [-0.05, 0) is 45.7 Å². The second-order valence-corrected chi connectivity index (χ2v) is 22.0. The minimum absolute atomic E-state index is 0.000427. The molecule has 15 heteroatoms. The number of carbonyl (C=O) groups is 2. The van der Waals surface area contributed by atoms with Gasteiger partial charge in [0, 0.05) is 77.8 Å². The maximum Gasteiger partial charge on any atom is 0.410 e. The fourth-order valence-corrected chi connectivity index (χ4v) is 7.83. The number of ether oxygens (including phenoxy) is 2. The zero-order valence-corrected chi connectivity index (χ0v) is 32.4. The van der Waals surface area contributed by atoms with E-state index in [0.717, 1.165) is 18.9 Å². The van der Waals surface area contributed by atoms with Crippen molar-refractivity contribution < 1.29 is 19.1 Å². The first-order chi connectivity index (χ1) is 23.4. The number of benzene rings is 1. The van der Waals surface area contributed by atoms with E-state index in [9.17, 15) is 14.4 Å². The first kappa shape index (κ1) is 35.9. The fourth-order valence-electron chi connectivity index (χ4n) is 6.76. The van der Waals surface area contributed by atoms with Crippen LogP contribution in [0.2, 0.25) is 30.7 Å². The molecule has 6 rings (SSSR count). The van der Waals surface area contributed by atoms with E-state index in [1.807, 2.05) is 43.7 Å². The first-order valence-corrected chi connectivity index (χ1v) is 21.3. The number of piperazine rings is 1. The summed E-state index contributed by atoms with van der Waals surface area (Å²) in [6.07, 6.45) is 5.12. The molecule has 3 aromatic heterocycles. The normalized spacial score (nSPS) is 18.0. The summed E-state index contributed by atoms with van der Waals surface area (Å²) in [6.45, 7) is 14.5. The Balaban J connectivity index is 1.41. The van der Waals surface area contributed by atoms with Gasteiger partial charge >= 0.3 is 6.09 Å². The van der Waals surface area contributed by atoms with Gasteiger partial charge in [-0.2, -0.15) is 10.1 Å². The van der Waals surface area contributed by atoms with Crippen molar-refractivity contribution in [2.75, 3.05) is 38.7 Å². The first-order valence-electron chi connectivity index (χ1n) is 17.2. The summed E-state index contributed by atoms with van der Waals surface area (Å²) in [5.74, 6) is 0.483. The molecule has 2 atom stereocenters. The van der Waals surface area contributed by atoms with Crippen molar-refractivity contribution in [3.63, 3.8) is 0 Å². The van der Waals surface area contributed by atoms with E-state index < -0.39 is 13.7 Å². The SMILES string of the molecule is CN(C)C(=O)Cn1cc2c(Cl)c(-c3cn(COCC[Si](C)(C)C)c4nc(N5C6CCC5CN(C(=O)OC(C)(C)C)C6)n(C)c(=O)c34)ccc2n1. The summed E-state index contributed by atoms with van der Waals surface area (Å²) < 4.78 is 17.0. The largest absolute Gasteiger partial charge is 0.444 e. The maximum atomic E-state index is 14.4. The second kappa shape index (κ2) is 13.3. The van der Waals surface area contributed by atoms with Crippen molar-refractivity contribution >= 4 is 59.6 Å². The van der Waals surface area contributed by atoms with Gasteiger partial charge in [-0.1, -0.05) is 37.3 Å². The predicted octanol–water partition coefficient (Wildman–Crippen LogP) is 5.39.